The van der Waals surface area contributed by atoms with Crippen LogP contribution in [-0.4, -0.2) is 33.5 Å². The van der Waals surface area contributed by atoms with Gasteiger partial charge in [0.1, 0.15) is 17.0 Å². The number of alkyl halides is 1. The third-order valence-corrected chi connectivity index (χ3v) is 8.39. The fraction of sp³-hybridized carbons (Fsp3) is 0.500. The van der Waals surface area contributed by atoms with Crippen molar-refractivity contribution in [3.63, 3.8) is 0 Å². The van der Waals surface area contributed by atoms with Gasteiger partial charge in [-0.2, -0.15) is 11.8 Å². The molecule has 0 aliphatic heterocycles. The highest BCUT2D eigenvalue weighted by atomic mass is 35.5. The summed E-state index contributed by atoms with van der Waals surface area (Å²) in [7, 11) is 1.69. The lowest BCUT2D eigenvalue weighted by molar-refractivity contribution is -0.610. The smallest absolute Gasteiger partial charge is 0.402 e. The molecule has 0 bridgehead atoms. The van der Waals surface area contributed by atoms with Crippen LogP contribution in [0.3, 0.4) is 0 Å². The van der Waals surface area contributed by atoms with Crippen LogP contribution in [-0.2, 0) is 21.4 Å². The number of nitrogens with zero attached hydrogens (tertiary/aromatic N) is 2. The number of aromatic nitrogens is 3. The lowest BCUT2D eigenvalue weighted by atomic mass is 9.80. The first-order chi connectivity index (χ1) is 15.3. The molecule has 1 aliphatic rings. The van der Waals surface area contributed by atoms with Crippen LogP contribution in [0.1, 0.15) is 63.9 Å². The van der Waals surface area contributed by atoms with Crippen molar-refractivity contribution in [1.82, 2.24) is 9.97 Å². The van der Waals surface area contributed by atoms with Gasteiger partial charge in [-0.15, -0.1) is 11.6 Å². The molecule has 2 aromatic heterocycles. The molecule has 0 atom stereocenters. The number of benzene rings is 1. The number of H-pyrrole nitrogens is 1. The molecule has 0 amide bonds. The Hall–Kier alpha value is -1.76. The predicted molar refractivity (Wildman–Crippen MR) is 136 cm³/mol. The average Bonchev–Trinajstić information content (AvgIpc) is 3.19. The summed E-state index contributed by atoms with van der Waals surface area (Å²) in [6, 6.07) is 6.15. The average molecular weight is 523 g/mol. The van der Waals surface area contributed by atoms with Gasteiger partial charge in [0, 0.05) is 38.8 Å². The zero-order chi connectivity index (χ0) is 24.3. The fourth-order valence-electron chi connectivity index (χ4n) is 4.89. The number of pyridine rings is 1. The van der Waals surface area contributed by atoms with Gasteiger partial charge < -0.3 is 17.1 Å². The van der Waals surface area contributed by atoms with Gasteiger partial charge in [-0.05, 0) is 71.7 Å². The quantitative estimate of drug-likeness (QED) is 0.400. The minimum atomic E-state index is -0.522. The Bertz CT molecular complexity index is 1200. The highest BCUT2D eigenvalue weighted by Crippen LogP contribution is 2.47. The van der Waals surface area contributed by atoms with Crippen LogP contribution in [0.5, 0.6) is 5.75 Å². The second-order valence-electron chi connectivity index (χ2n) is 10.6. The number of carbonyl (C=O) groups is 1. The Balaban J connectivity index is 0.00000324. The number of aromatic amines is 1. The van der Waals surface area contributed by atoms with Crippen molar-refractivity contribution in [2.75, 3.05) is 12.9 Å². The van der Waals surface area contributed by atoms with Crippen molar-refractivity contribution in [2.45, 2.75) is 69.9 Å². The van der Waals surface area contributed by atoms with E-state index >= 15 is 0 Å². The third-order valence-electron chi connectivity index (χ3n) is 6.69. The van der Waals surface area contributed by atoms with Gasteiger partial charge in [0.05, 0.1) is 13.3 Å². The van der Waals surface area contributed by atoms with E-state index in [2.05, 4.69) is 28.6 Å². The summed E-state index contributed by atoms with van der Waals surface area (Å²) in [6.45, 7) is 14.2. The van der Waals surface area contributed by atoms with Crippen LogP contribution in [0.2, 0.25) is 0 Å². The van der Waals surface area contributed by atoms with E-state index in [-0.39, 0.29) is 23.1 Å². The van der Waals surface area contributed by atoms with Crippen molar-refractivity contribution in [3.8, 4) is 11.7 Å². The second-order valence-corrected chi connectivity index (χ2v) is 12.6. The first kappa shape index (κ1) is 26.8. The standard InChI is InChI=1S/C26H33ClN3O2S.ClH/c1-15-20(13-33-14-24(2,3)27)30(10-9-21(15)32-8)23-28-18-11-16-17(12-19(18)29-23)26(6,7)22(31)25(16,4)5;/h9-12H,13-14H2,1-8H3,(H,28,29);1H/q+1;/p-1. The van der Waals surface area contributed by atoms with Crippen LogP contribution in [0.4, 0.5) is 0 Å². The van der Waals surface area contributed by atoms with Crippen LogP contribution in [0.25, 0.3) is 17.0 Å². The molecule has 8 heteroatoms. The predicted octanol–water partition coefficient (Wildman–Crippen LogP) is 2.55. The topological polar surface area (TPSA) is 58.9 Å². The highest BCUT2D eigenvalue weighted by Gasteiger charge is 2.50. The molecule has 0 saturated carbocycles. The Kier molecular flexibility index (Phi) is 7.13. The number of imidazole rings is 1. The van der Waals surface area contributed by atoms with Crippen molar-refractivity contribution in [1.29, 1.82) is 0 Å². The largest absolute Gasteiger partial charge is 1.00 e. The molecular formula is C26H33Cl2N3O2S. The molecule has 4 rings (SSSR count). The van der Waals surface area contributed by atoms with Crippen molar-refractivity contribution in [3.05, 3.63) is 46.8 Å². The number of thioether (sulfide) groups is 1. The maximum Gasteiger partial charge on any atom is 0.402 e. The Morgan fingerprint density at radius 1 is 1.18 bits per heavy atom. The molecule has 0 unspecified atom stereocenters. The monoisotopic (exact) mass is 521 g/mol. The van der Waals surface area contributed by atoms with Gasteiger partial charge in [0.2, 0.25) is 0 Å². The van der Waals surface area contributed by atoms with E-state index in [1.54, 1.807) is 18.9 Å². The molecule has 0 fully saturated rings. The summed E-state index contributed by atoms with van der Waals surface area (Å²) in [5.74, 6) is 3.46. The number of Topliss-reactive ketones (excluding diaryl/α,β-unsaturated/α-hetero) is 1. The molecule has 184 valence electrons. The number of hydrogen-bond acceptors (Lipinski definition) is 4. The van der Waals surface area contributed by atoms with Gasteiger partial charge >= 0.3 is 5.95 Å². The molecule has 0 spiro atoms. The van der Waals surface area contributed by atoms with Gasteiger partial charge in [-0.25, -0.2) is 9.55 Å². The molecule has 1 aliphatic carbocycles. The maximum absolute atomic E-state index is 13.0. The highest BCUT2D eigenvalue weighted by molar-refractivity contribution is 7.98. The zero-order valence-electron chi connectivity index (χ0n) is 21.1. The maximum atomic E-state index is 13.0. The van der Waals surface area contributed by atoms with Crippen molar-refractivity contribution < 1.29 is 26.5 Å². The molecule has 3 aromatic rings. The number of fused-ring (bicyclic) bond motifs is 2. The lowest BCUT2D eigenvalue weighted by Gasteiger charge is -2.21. The number of halogens is 2. The summed E-state index contributed by atoms with van der Waals surface area (Å²) in [5.41, 5.74) is 5.10. The number of ether oxygens (including phenoxy) is 1. The molecule has 2 heterocycles. The van der Waals surface area contributed by atoms with E-state index in [0.29, 0.717) is 0 Å². The normalized spacial score (nSPS) is 16.4. The number of hydrogen-bond donors (Lipinski definition) is 1. The number of nitrogens with one attached hydrogen (secondary N) is 1. The summed E-state index contributed by atoms with van der Waals surface area (Å²) in [4.78, 5) is 21.2. The minimum Gasteiger partial charge on any atom is -1.00 e. The second kappa shape index (κ2) is 9.03. The lowest BCUT2D eigenvalue weighted by Crippen LogP contribution is -3.00. The van der Waals surface area contributed by atoms with E-state index in [1.165, 1.54) is 0 Å². The van der Waals surface area contributed by atoms with Crippen LogP contribution >= 0.6 is 23.4 Å². The molecule has 1 N–H and O–H groups in total. The van der Waals surface area contributed by atoms with E-state index in [9.17, 15) is 4.79 Å². The number of carbonyl (C=O) groups excluding carboxylic acids is 1. The van der Waals surface area contributed by atoms with Gasteiger partial charge in [0.15, 0.2) is 11.3 Å². The van der Waals surface area contributed by atoms with Gasteiger partial charge in [-0.1, -0.05) is 4.98 Å². The first-order valence-corrected chi connectivity index (χ1v) is 12.8. The molecule has 5 nitrogen and oxygen atoms in total. The molecule has 34 heavy (non-hydrogen) atoms. The van der Waals surface area contributed by atoms with Crippen molar-refractivity contribution in [2.24, 2.45) is 0 Å². The van der Waals surface area contributed by atoms with Crippen LogP contribution in [0, 0.1) is 6.92 Å². The van der Waals surface area contributed by atoms with E-state index in [1.807, 2.05) is 53.8 Å². The third kappa shape index (κ3) is 4.45. The Labute approximate surface area is 217 Å². The summed E-state index contributed by atoms with van der Waals surface area (Å²) < 4.78 is 7.68. The minimum absolute atomic E-state index is 0. The van der Waals surface area contributed by atoms with Gasteiger partial charge in [0.25, 0.3) is 0 Å². The van der Waals surface area contributed by atoms with Crippen molar-refractivity contribution >= 4 is 40.2 Å². The molecule has 1 aromatic carbocycles. The van der Waals surface area contributed by atoms with E-state index < -0.39 is 10.8 Å². The number of ketones is 1. The number of methoxy groups -OCH3 is 1. The molecule has 0 radical (unpaired) electrons. The number of rotatable bonds is 6. The van der Waals surface area contributed by atoms with Crippen LogP contribution in [0.15, 0.2) is 24.4 Å². The molecular weight excluding hydrogens is 489 g/mol. The molecule has 0 saturated heterocycles. The fourth-order valence-corrected chi connectivity index (χ4v) is 6.25. The van der Waals surface area contributed by atoms with E-state index in [0.717, 1.165) is 56.6 Å². The SMILES string of the molecule is COc1cc[n+](-c2nc3cc4c(cc3[nH]2)C(C)(C)C(=O)C4(C)C)c(CSCC(C)(C)Cl)c1C.[Cl-]. The summed E-state index contributed by atoms with van der Waals surface area (Å²) in [5, 5.41) is 0. The summed E-state index contributed by atoms with van der Waals surface area (Å²) in [6.07, 6.45) is 2.00. The van der Waals surface area contributed by atoms with Gasteiger partial charge in [-0.3, -0.25) is 4.79 Å². The summed E-state index contributed by atoms with van der Waals surface area (Å²) >= 11 is 8.21. The first-order valence-electron chi connectivity index (χ1n) is 11.2. The zero-order valence-corrected chi connectivity index (χ0v) is 23.4. The van der Waals surface area contributed by atoms with E-state index in [4.69, 9.17) is 21.3 Å². The van der Waals surface area contributed by atoms with Crippen LogP contribution < -0.4 is 21.7 Å². The Morgan fingerprint density at radius 3 is 2.38 bits per heavy atom. The Morgan fingerprint density at radius 2 is 1.79 bits per heavy atom.